The molecule has 0 aromatic carbocycles. The second-order valence-electron chi connectivity index (χ2n) is 11.4. The zero-order valence-corrected chi connectivity index (χ0v) is 25.1. The van der Waals surface area contributed by atoms with E-state index in [-0.39, 0.29) is 6.61 Å². The van der Waals surface area contributed by atoms with Crippen LogP contribution in [-0.2, 0) is 0 Å². The molecule has 226 valence electrons. The summed E-state index contributed by atoms with van der Waals surface area (Å²) in [6.07, 6.45) is 21.0. The molecule has 0 saturated carbocycles. The van der Waals surface area contributed by atoms with Crippen LogP contribution in [0.1, 0.15) is 136 Å². The third kappa shape index (κ3) is 35.7. The van der Waals surface area contributed by atoms with Crippen molar-refractivity contribution in [1.29, 1.82) is 0 Å². The third-order valence-corrected chi connectivity index (χ3v) is 6.64. The van der Waals surface area contributed by atoms with Crippen LogP contribution in [0.4, 0.5) is 0 Å². The van der Waals surface area contributed by atoms with Gasteiger partial charge in [0.25, 0.3) is 0 Å². The molecule has 0 rings (SSSR count). The average molecular weight is 535 g/mol. The molecule has 0 aromatic heterocycles. The highest BCUT2D eigenvalue weighted by Gasteiger charge is 2.12. The summed E-state index contributed by atoms with van der Waals surface area (Å²) in [5.41, 5.74) is 0. The van der Waals surface area contributed by atoms with Gasteiger partial charge in [-0.05, 0) is 12.8 Å². The predicted octanol–water partition coefficient (Wildman–Crippen LogP) is 5.66. The maximum atomic E-state index is 11.3. The second kappa shape index (κ2) is 28.7. The first kappa shape index (κ1) is 38.9. The molecule has 7 nitrogen and oxygen atoms in total. The summed E-state index contributed by atoms with van der Waals surface area (Å²) in [6.45, 7) is 5.79. The number of nitrogens with zero attached hydrogens (tertiary/aromatic N) is 1. The Morgan fingerprint density at radius 2 is 1.03 bits per heavy atom. The van der Waals surface area contributed by atoms with E-state index in [0.29, 0.717) is 26.1 Å². The zero-order valence-electron chi connectivity index (χ0n) is 25.1. The first-order chi connectivity index (χ1) is 17.7. The third-order valence-electron chi connectivity index (χ3n) is 6.64. The Morgan fingerprint density at radius 1 is 0.622 bits per heavy atom. The minimum Gasteiger partial charge on any atom is -0.633 e. The number of hydrogen-bond donors (Lipinski definition) is 5. The maximum absolute atomic E-state index is 11.3. The Kier molecular flexibility index (Phi) is 30.2. The van der Waals surface area contributed by atoms with Gasteiger partial charge in [-0.25, -0.2) is 0 Å². The summed E-state index contributed by atoms with van der Waals surface area (Å²) in [7, 11) is 3.16. The first-order valence-electron chi connectivity index (χ1n) is 15.6. The van der Waals surface area contributed by atoms with Crippen molar-refractivity contribution in [3.63, 3.8) is 0 Å². The Morgan fingerprint density at radius 3 is 1.43 bits per heavy atom. The van der Waals surface area contributed by atoms with Gasteiger partial charge in [-0.1, -0.05) is 117 Å². The van der Waals surface area contributed by atoms with Crippen LogP contribution in [0.5, 0.6) is 0 Å². The van der Waals surface area contributed by atoms with E-state index in [0.717, 1.165) is 25.7 Å². The number of likely N-dealkylation sites (N-methyl/N-ethyl adjacent to an activating group) is 1. The molecule has 0 spiro atoms. The molecule has 0 aromatic rings. The number of rotatable bonds is 26. The van der Waals surface area contributed by atoms with E-state index in [1.807, 2.05) is 0 Å². The van der Waals surface area contributed by atoms with Crippen molar-refractivity contribution in [2.24, 2.45) is 0 Å². The Balaban J connectivity index is 0. The van der Waals surface area contributed by atoms with Gasteiger partial charge in [0, 0.05) is 19.5 Å². The number of hydrogen-bond acceptors (Lipinski definition) is 6. The van der Waals surface area contributed by atoms with Gasteiger partial charge in [-0.2, -0.15) is 0 Å². The van der Waals surface area contributed by atoms with Crippen LogP contribution in [0, 0.1) is 5.21 Å². The highest BCUT2D eigenvalue weighted by atomic mass is 16.5. The summed E-state index contributed by atoms with van der Waals surface area (Å²) in [5, 5.41) is 52.0. The molecular formula is C30H66N2O5. The fourth-order valence-electron chi connectivity index (χ4n) is 4.49. The van der Waals surface area contributed by atoms with Crippen LogP contribution in [-0.4, -0.2) is 83.7 Å². The number of nitrogens with one attached hydrogen (secondary N) is 1. The quantitative estimate of drug-likeness (QED) is 0.0555. The van der Waals surface area contributed by atoms with Gasteiger partial charge in [-0.3, -0.25) is 0 Å². The Labute approximate surface area is 230 Å². The number of quaternary nitrogens is 1. The van der Waals surface area contributed by atoms with Crippen molar-refractivity contribution < 1.29 is 25.1 Å². The van der Waals surface area contributed by atoms with Crippen molar-refractivity contribution in [2.75, 3.05) is 40.3 Å². The smallest absolute Gasteiger partial charge is 0.104 e. The topological polar surface area (TPSA) is 116 Å². The molecule has 0 aliphatic rings. The lowest BCUT2D eigenvalue weighted by Gasteiger charge is -2.35. The van der Waals surface area contributed by atoms with Crippen LogP contribution in [0.2, 0.25) is 0 Å². The monoisotopic (exact) mass is 534 g/mol. The molecule has 3 atom stereocenters. The van der Waals surface area contributed by atoms with Crippen molar-refractivity contribution in [2.45, 2.75) is 154 Å². The maximum Gasteiger partial charge on any atom is 0.104 e. The summed E-state index contributed by atoms with van der Waals surface area (Å²) in [6, 6.07) is 0. The summed E-state index contributed by atoms with van der Waals surface area (Å²) in [5.74, 6) is 0. The molecule has 0 amide bonds. The van der Waals surface area contributed by atoms with E-state index in [2.05, 4.69) is 19.2 Å². The molecule has 0 heterocycles. The highest BCUT2D eigenvalue weighted by molar-refractivity contribution is 4.66. The van der Waals surface area contributed by atoms with Crippen LogP contribution < -0.4 is 5.32 Å². The fourth-order valence-corrected chi connectivity index (χ4v) is 4.49. The molecular weight excluding hydrogens is 468 g/mol. The predicted molar refractivity (Wildman–Crippen MR) is 157 cm³/mol. The lowest BCUT2D eigenvalue weighted by Crippen LogP contribution is -2.39. The average Bonchev–Trinajstić information content (AvgIpc) is 2.82. The number of aliphatic hydroxyl groups excluding tert-OH is 4. The fraction of sp³-hybridized carbons (Fsp3) is 1.00. The second-order valence-corrected chi connectivity index (χ2v) is 11.4. The Hall–Kier alpha value is -0.280. The summed E-state index contributed by atoms with van der Waals surface area (Å²) >= 11 is 0. The molecule has 0 fully saturated rings. The van der Waals surface area contributed by atoms with E-state index in [1.54, 1.807) is 14.1 Å². The van der Waals surface area contributed by atoms with Gasteiger partial charge in [0.2, 0.25) is 0 Å². The molecule has 0 saturated heterocycles. The number of hydroxylamine groups is 3. The zero-order chi connectivity index (χ0) is 28.2. The van der Waals surface area contributed by atoms with Crippen LogP contribution in [0.25, 0.3) is 0 Å². The lowest BCUT2D eigenvalue weighted by atomic mass is 10.0. The van der Waals surface area contributed by atoms with Gasteiger partial charge < -0.3 is 35.6 Å². The van der Waals surface area contributed by atoms with E-state index in [1.165, 1.54) is 89.9 Å². The number of aliphatic hydroxyl groups is 4. The van der Waals surface area contributed by atoms with Gasteiger partial charge >= 0.3 is 0 Å². The summed E-state index contributed by atoms with van der Waals surface area (Å²) < 4.78 is -0.391. The Bertz CT molecular complexity index is 435. The van der Waals surface area contributed by atoms with E-state index in [9.17, 15) is 20.5 Å². The first-order valence-corrected chi connectivity index (χ1v) is 15.6. The summed E-state index contributed by atoms with van der Waals surface area (Å²) in [4.78, 5) is 0. The van der Waals surface area contributed by atoms with Crippen molar-refractivity contribution in [3.8, 4) is 0 Å². The van der Waals surface area contributed by atoms with Crippen molar-refractivity contribution in [1.82, 2.24) is 5.32 Å². The van der Waals surface area contributed by atoms with E-state index >= 15 is 0 Å². The number of unbranched alkanes of at least 4 members (excludes halogenated alkanes) is 14. The largest absolute Gasteiger partial charge is 0.633 e. The molecule has 0 bridgehead atoms. The van der Waals surface area contributed by atoms with Gasteiger partial charge in [0.05, 0.1) is 32.9 Å². The van der Waals surface area contributed by atoms with Gasteiger partial charge in [0.15, 0.2) is 0 Å². The van der Waals surface area contributed by atoms with Gasteiger partial charge in [0.1, 0.15) is 12.6 Å². The molecule has 37 heavy (non-hydrogen) atoms. The molecule has 5 N–H and O–H groups in total. The molecule has 0 aliphatic carbocycles. The lowest BCUT2D eigenvalue weighted by molar-refractivity contribution is -0.843. The standard InChI is InChI=1S/C16H35NO3.C14H31NO2/c1-2-3-4-5-6-7-8-9-10-15(19)13-16(20)14-17-11-12-18;1-4-5-6-7-8-9-10-11-12-14(16)13-15(2,3)17/h15-20H,2-14H2,1H3;14,16H,4-13H2,1-3H3. The van der Waals surface area contributed by atoms with E-state index < -0.39 is 23.0 Å². The molecule has 7 heteroatoms. The SMILES string of the molecule is CCCCCCCCCCC(O)CC(O)CNCCO.CCCCCCCCCCC(O)C[N+](C)(C)[O-]. The molecule has 0 radical (unpaired) electrons. The van der Waals surface area contributed by atoms with Crippen LogP contribution in [0.15, 0.2) is 0 Å². The normalized spacial score (nSPS) is 14.2. The minimum absolute atomic E-state index is 0.0769. The van der Waals surface area contributed by atoms with E-state index in [4.69, 9.17) is 5.11 Å². The van der Waals surface area contributed by atoms with Crippen molar-refractivity contribution >= 4 is 0 Å². The minimum atomic E-state index is -0.523. The van der Waals surface area contributed by atoms with Crippen LogP contribution >= 0.6 is 0 Å². The van der Waals surface area contributed by atoms with Gasteiger partial charge in [-0.15, -0.1) is 0 Å². The molecule has 0 aliphatic heterocycles. The van der Waals surface area contributed by atoms with Crippen molar-refractivity contribution in [3.05, 3.63) is 5.21 Å². The van der Waals surface area contributed by atoms with Crippen LogP contribution in [0.3, 0.4) is 0 Å². The molecule has 3 unspecified atom stereocenters. The highest BCUT2D eigenvalue weighted by Crippen LogP contribution is 2.13.